The van der Waals surface area contributed by atoms with E-state index in [1.54, 1.807) is 35.6 Å². The molecule has 4 rings (SSSR count). The first-order valence-electron chi connectivity index (χ1n) is 7.02. The molecule has 7 heteroatoms. The molecule has 0 aliphatic heterocycles. The van der Waals surface area contributed by atoms with Gasteiger partial charge >= 0.3 is 0 Å². The van der Waals surface area contributed by atoms with Gasteiger partial charge in [0, 0.05) is 27.9 Å². The summed E-state index contributed by atoms with van der Waals surface area (Å²) in [5.74, 6) is -1.99. The van der Waals surface area contributed by atoms with Crippen LogP contribution in [0.4, 0.5) is 8.78 Å². The molecule has 4 aromatic rings. The number of thiazole rings is 1. The Balaban J connectivity index is 1.91. The summed E-state index contributed by atoms with van der Waals surface area (Å²) in [5, 5.41) is 0. The third-order valence-corrected chi connectivity index (χ3v) is 5.51. The lowest BCUT2D eigenvalue weighted by atomic mass is 10.1. The molecule has 2 aromatic heterocycles. The number of fused-ring (bicyclic) bond motifs is 3. The number of carbonyl (C=O) groups excluding carboxylic acids is 1. The van der Waals surface area contributed by atoms with Gasteiger partial charge in [-0.2, -0.15) is 0 Å². The van der Waals surface area contributed by atoms with Crippen molar-refractivity contribution in [2.24, 2.45) is 0 Å². The SMILES string of the molecule is Cc1c(C(=O)c2ccc(Br)cc2)sc2nc3cc(F)c(F)cc3n12. The number of halogens is 3. The fourth-order valence-electron chi connectivity index (χ4n) is 2.65. The van der Waals surface area contributed by atoms with Crippen LogP contribution in [-0.2, 0) is 0 Å². The zero-order valence-electron chi connectivity index (χ0n) is 12.3. The van der Waals surface area contributed by atoms with Crippen LogP contribution in [0.15, 0.2) is 40.9 Å². The van der Waals surface area contributed by atoms with Gasteiger partial charge in [-0.1, -0.05) is 27.3 Å². The molecule has 0 radical (unpaired) electrons. The van der Waals surface area contributed by atoms with Crippen LogP contribution in [0, 0.1) is 18.6 Å². The largest absolute Gasteiger partial charge is 0.288 e. The molecule has 0 unspecified atom stereocenters. The van der Waals surface area contributed by atoms with Gasteiger partial charge in [0.2, 0.25) is 5.78 Å². The van der Waals surface area contributed by atoms with Crippen molar-refractivity contribution in [3.05, 3.63) is 68.6 Å². The Labute approximate surface area is 147 Å². The quantitative estimate of drug-likeness (QED) is 0.432. The van der Waals surface area contributed by atoms with Crippen LogP contribution in [0.5, 0.6) is 0 Å². The van der Waals surface area contributed by atoms with E-state index in [1.165, 1.54) is 11.3 Å². The van der Waals surface area contributed by atoms with Crippen molar-refractivity contribution in [1.29, 1.82) is 0 Å². The Hall–Kier alpha value is -2.12. The summed E-state index contributed by atoms with van der Waals surface area (Å²) in [5.41, 5.74) is 2.04. The Kier molecular flexibility index (Phi) is 3.51. The zero-order chi connectivity index (χ0) is 17.0. The number of rotatable bonds is 2. The second-order valence-corrected chi connectivity index (χ2v) is 7.23. The van der Waals surface area contributed by atoms with Crippen LogP contribution in [0.2, 0.25) is 0 Å². The van der Waals surface area contributed by atoms with Gasteiger partial charge in [0.25, 0.3) is 0 Å². The average Bonchev–Trinajstić information content (AvgIpc) is 3.05. The Morgan fingerprint density at radius 2 is 1.83 bits per heavy atom. The van der Waals surface area contributed by atoms with Gasteiger partial charge in [-0.05, 0) is 31.2 Å². The molecule has 0 bridgehead atoms. The number of aromatic nitrogens is 2. The molecule has 0 atom stereocenters. The summed E-state index contributed by atoms with van der Waals surface area (Å²) >= 11 is 4.55. The van der Waals surface area contributed by atoms with E-state index < -0.39 is 11.6 Å². The summed E-state index contributed by atoms with van der Waals surface area (Å²) in [6.07, 6.45) is 0. The highest BCUT2D eigenvalue weighted by Crippen LogP contribution is 2.30. The van der Waals surface area contributed by atoms with Gasteiger partial charge in [-0.15, -0.1) is 0 Å². The van der Waals surface area contributed by atoms with Gasteiger partial charge in [-0.3, -0.25) is 9.20 Å². The molecule has 0 aliphatic rings. The number of aryl methyl sites for hydroxylation is 1. The first-order chi connectivity index (χ1) is 11.5. The lowest BCUT2D eigenvalue weighted by Gasteiger charge is -2.01. The van der Waals surface area contributed by atoms with Crippen LogP contribution >= 0.6 is 27.3 Å². The van der Waals surface area contributed by atoms with Crippen LogP contribution in [0.3, 0.4) is 0 Å². The number of ketones is 1. The second-order valence-electron chi connectivity index (χ2n) is 5.34. The molecule has 0 saturated heterocycles. The fourth-order valence-corrected chi connectivity index (χ4v) is 4.02. The molecule has 0 amide bonds. The minimum absolute atomic E-state index is 0.119. The Bertz CT molecular complexity index is 1120. The average molecular weight is 407 g/mol. The van der Waals surface area contributed by atoms with E-state index in [0.717, 1.165) is 16.6 Å². The smallest absolute Gasteiger partial charge is 0.204 e. The third kappa shape index (κ3) is 2.27. The standard InChI is InChI=1S/C17H9BrF2N2OS/c1-8-16(15(23)9-2-4-10(18)5-3-9)24-17-21-13-6-11(19)12(20)7-14(13)22(8)17/h2-7H,1H3. The lowest BCUT2D eigenvalue weighted by Crippen LogP contribution is -2.01. The van der Waals surface area contributed by atoms with Crippen LogP contribution in [-0.4, -0.2) is 15.2 Å². The van der Waals surface area contributed by atoms with E-state index in [1.807, 2.05) is 0 Å². The van der Waals surface area contributed by atoms with Gasteiger partial charge in [-0.25, -0.2) is 13.8 Å². The van der Waals surface area contributed by atoms with E-state index in [0.29, 0.717) is 32.1 Å². The highest BCUT2D eigenvalue weighted by atomic mass is 79.9. The van der Waals surface area contributed by atoms with Gasteiger partial charge in [0.05, 0.1) is 15.9 Å². The second kappa shape index (κ2) is 5.46. The lowest BCUT2D eigenvalue weighted by molar-refractivity contribution is 0.104. The van der Waals surface area contributed by atoms with E-state index >= 15 is 0 Å². The maximum absolute atomic E-state index is 13.6. The van der Waals surface area contributed by atoms with Crippen molar-refractivity contribution in [3.63, 3.8) is 0 Å². The molecule has 120 valence electrons. The summed E-state index contributed by atoms with van der Waals surface area (Å²) in [6.45, 7) is 1.78. The van der Waals surface area contributed by atoms with E-state index in [4.69, 9.17) is 0 Å². The number of carbonyl (C=O) groups is 1. The molecule has 0 spiro atoms. The molecule has 0 N–H and O–H groups in total. The fraction of sp³-hybridized carbons (Fsp3) is 0.0588. The minimum Gasteiger partial charge on any atom is -0.288 e. The number of imidazole rings is 1. The maximum atomic E-state index is 13.6. The van der Waals surface area contributed by atoms with E-state index in [-0.39, 0.29) is 5.78 Å². The number of benzene rings is 2. The van der Waals surface area contributed by atoms with Crippen molar-refractivity contribution in [1.82, 2.24) is 9.38 Å². The highest BCUT2D eigenvalue weighted by Gasteiger charge is 2.21. The minimum atomic E-state index is -0.935. The first kappa shape index (κ1) is 15.4. The molecule has 0 aliphatic carbocycles. The van der Waals surface area contributed by atoms with Crippen LogP contribution in [0.25, 0.3) is 16.0 Å². The van der Waals surface area contributed by atoms with Crippen molar-refractivity contribution < 1.29 is 13.6 Å². The molecule has 0 saturated carbocycles. The summed E-state index contributed by atoms with van der Waals surface area (Å²) in [7, 11) is 0. The first-order valence-corrected chi connectivity index (χ1v) is 8.63. The molecule has 24 heavy (non-hydrogen) atoms. The van der Waals surface area contributed by atoms with Crippen molar-refractivity contribution in [3.8, 4) is 0 Å². The summed E-state index contributed by atoms with van der Waals surface area (Å²) in [4.78, 5) is 18.1. The molecular weight excluding hydrogens is 398 g/mol. The van der Waals surface area contributed by atoms with Crippen molar-refractivity contribution in [2.45, 2.75) is 6.92 Å². The molecule has 3 nitrogen and oxygen atoms in total. The number of hydrogen-bond acceptors (Lipinski definition) is 3. The van der Waals surface area contributed by atoms with Gasteiger partial charge < -0.3 is 0 Å². The maximum Gasteiger partial charge on any atom is 0.204 e. The van der Waals surface area contributed by atoms with Crippen molar-refractivity contribution >= 4 is 49.0 Å². The molecule has 2 heterocycles. The third-order valence-electron chi connectivity index (χ3n) is 3.84. The predicted octanol–water partition coefficient (Wildman–Crippen LogP) is 5.13. The topological polar surface area (TPSA) is 34.4 Å². The summed E-state index contributed by atoms with van der Waals surface area (Å²) in [6, 6.07) is 9.25. The number of nitrogens with zero attached hydrogens (tertiary/aromatic N) is 2. The predicted molar refractivity (Wildman–Crippen MR) is 92.8 cm³/mol. The Morgan fingerprint density at radius 1 is 1.17 bits per heavy atom. The molecule has 0 fully saturated rings. The highest BCUT2D eigenvalue weighted by molar-refractivity contribution is 9.10. The van der Waals surface area contributed by atoms with Crippen LogP contribution in [0.1, 0.15) is 20.9 Å². The molecular formula is C17H9BrF2N2OS. The van der Waals surface area contributed by atoms with Gasteiger partial charge in [0.15, 0.2) is 16.6 Å². The van der Waals surface area contributed by atoms with Gasteiger partial charge in [0.1, 0.15) is 0 Å². The van der Waals surface area contributed by atoms with E-state index in [9.17, 15) is 13.6 Å². The van der Waals surface area contributed by atoms with Crippen molar-refractivity contribution in [2.75, 3.05) is 0 Å². The normalized spacial score (nSPS) is 11.5. The van der Waals surface area contributed by atoms with Crippen LogP contribution < -0.4 is 0 Å². The number of hydrogen-bond donors (Lipinski definition) is 0. The summed E-state index contributed by atoms with van der Waals surface area (Å²) < 4.78 is 29.5. The Morgan fingerprint density at radius 3 is 2.54 bits per heavy atom. The zero-order valence-corrected chi connectivity index (χ0v) is 14.7. The monoisotopic (exact) mass is 406 g/mol. The van der Waals surface area contributed by atoms with E-state index in [2.05, 4.69) is 20.9 Å². The molecule has 2 aromatic carbocycles.